The summed E-state index contributed by atoms with van der Waals surface area (Å²) in [7, 11) is -3.62. The largest absolute Gasteiger partial charge is 0.480 e. The van der Waals surface area contributed by atoms with Crippen LogP contribution in [0.4, 0.5) is 0 Å². The highest BCUT2D eigenvalue weighted by Crippen LogP contribution is 2.10. The number of ether oxygens (including phenoxy) is 1. The highest BCUT2D eigenvalue weighted by molar-refractivity contribution is 7.92. The molecule has 0 spiro atoms. The Hall–Kier alpha value is -0.620. The third-order valence-corrected chi connectivity index (χ3v) is 4.12. The smallest absolute Gasteiger partial charge is 0.321 e. The van der Waals surface area contributed by atoms with Crippen molar-refractivity contribution < 1.29 is 23.1 Å². The molecule has 0 fully saturated rings. The maximum Gasteiger partial charge on any atom is 0.321 e. The summed E-state index contributed by atoms with van der Waals surface area (Å²) >= 11 is 0. The van der Waals surface area contributed by atoms with Gasteiger partial charge in [-0.25, -0.2) is 8.42 Å². The van der Waals surface area contributed by atoms with E-state index in [9.17, 15) is 13.2 Å². The lowest BCUT2D eigenvalue weighted by Crippen LogP contribution is -2.34. The molecule has 6 heteroatoms. The van der Waals surface area contributed by atoms with Gasteiger partial charge in [0.05, 0.1) is 18.0 Å². The average Bonchev–Trinajstić information content (AvgIpc) is 1.99. The lowest BCUT2D eigenvalue weighted by Gasteiger charge is -2.20. The Morgan fingerprint density at radius 2 is 1.88 bits per heavy atom. The van der Waals surface area contributed by atoms with Crippen molar-refractivity contribution in [3.8, 4) is 0 Å². The number of rotatable bonds is 6. The van der Waals surface area contributed by atoms with Crippen LogP contribution in [0.1, 0.15) is 34.1 Å². The van der Waals surface area contributed by atoms with Crippen LogP contribution in [0, 0.1) is 0 Å². The van der Waals surface area contributed by atoms with Gasteiger partial charge in [-0.05, 0) is 27.2 Å². The molecule has 1 N–H and O–H groups in total. The van der Waals surface area contributed by atoms with Crippen LogP contribution in [-0.4, -0.2) is 42.7 Å². The van der Waals surface area contributed by atoms with Crippen molar-refractivity contribution in [1.29, 1.82) is 0 Å². The maximum atomic E-state index is 11.6. The molecule has 0 aliphatic rings. The minimum absolute atomic E-state index is 0.0234. The first-order valence-electron chi connectivity index (χ1n) is 5.18. The Morgan fingerprint density at radius 3 is 2.19 bits per heavy atom. The van der Waals surface area contributed by atoms with Crippen LogP contribution in [-0.2, 0) is 19.4 Å². The average molecular weight is 252 g/mol. The molecule has 0 rings (SSSR count). The topological polar surface area (TPSA) is 80.7 Å². The molecule has 5 nitrogen and oxygen atoms in total. The molecule has 0 aliphatic heterocycles. The van der Waals surface area contributed by atoms with Crippen LogP contribution in [0.3, 0.4) is 0 Å². The molecule has 16 heavy (non-hydrogen) atoms. The monoisotopic (exact) mass is 252 g/mol. The summed E-state index contributed by atoms with van der Waals surface area (Å²) in [5.74, 6) is -1.55. The van der Waals surface area contributed by atoms with E-state index in [2.05, 4.69) is 0 Å². The van der Waals surface area contributed by atoms with Crippen molar-refractivity contribution in [3.63, 3.8) is 0 Å². The van der Waals surface area contributed by atoms with Gasteiger partial charge in [-0.3, -0.25) is 4.79 Å². The number of aliphatic carboxylic acids is 1. The van der Waals surface area contributed by atoms with E-state index in [1.165, 1.54) is 0 Å². The second kappa shape index (κ2) is 5.63. The van der Waals surface area contributed by atoms with Crippen LogP contribution >= 0.6 is 0 Å². The van der Waals surface area contributed by atoms with Crippen LogP contribution < -0.4 is 0 Å². The summed E-state index contributed by atoms with van der Waals surface area (Å²) in [5.41, 5.74) is -0.416. The number of hydrogen-bond acceptors (Lipinski definition) is 4. The molecule has 0 saturated heterocycles. The highest BCUT2D eigenvalue weighted by atomic mass is 32.2. The van der Waals surface area contributed by atoms with Gasteiger partial charge in [0.25, 0.3) is 0 Å². The molecule has 1 atom stereocenters. The van der Waals surface area contributed by atoms with Gasteiger partial charge >= 0.3 is 5.97 Å². The molecule has 0 aromatic heterocycles. The van der Waals surface area contributed by atoms with Gasteiger partial charge in [0, 0.05) is 0 Å². The van der Waals surface area contributed by atoms with E-state index >= 15 is 0 Å². The SMILES string of the molecule is CCC(C(=O)O)S(=O)(=O)CCOC(C)(C)C. The lowest BCUT2D eigenvalue weighted by molar-refractivity contribution is -0.136. The molecule has 96 valence electrons. The summed E-state index contributed by atoms with van der Waals surface area (Å²) in [4.78, 5) is 10.7. The van der Waals surface area contributed by atoms with Crippen molar-refractivity contribution in [2.75, 3.05) is 12.4 Å². The molecule has 0 radical (unpaired) electrons. The number of carboxylic acids is 1. The maximum absolute atomic E-state index is 11.6. The number of sulfone groups is 1. The molecule has 0 heterocycles. The first-order chi connectivity index (χ1) is 7.10. The molecule has 0 saturated carbocycles. The van der Waals surface area contributed by atoms with Crippen LogP contribution in [0.25, 0.3) is 0 Å². The summed E-state index contributed by atoms with van der Waals surface area (Å²) in [6.07, 6.45) is 0.0766. The fourth-order valence-electron chi connectivity index (χ4n) is 1.19. The van der Waals surface area contributed by atoms with E-state index < -0.39 is 26.7 Å². The van der Waals surface area contributed by atoms with E-state index in [0.29, 0.717) is 0 Å². The molecular weight excluding hydrogens is 232 g/mol. The van der Waals surface area contributed by atoms with Gasteiger partial charge in [-0.15, -0.1) is 0 Å². The minimum atomic E-state index is -3.62. The lowest BCUT2D eigenvalue weighted by atomic mass is 10.2. The predicted octanol–water partition coefficient (Wildman–Crippen LogP) is 1.08. The molecule has 1 unspecified atom stereocenters. The van der Waals surface area contributed by atoms with E-state index in [-0.39, 0.29) is 18.8 Å². The molecule has 0 aliphatic carbocycles. The van der Waals surface area contributed by atoms with Crippen LogP contribution in [0.15, 0.2) is 0 Å². The number of carboxylic acid groups (broad SMARTS) is 1. The second-order valence-electron chi connectivity index (χ2n) is 4.56. The van der Waals surface area contributed by atoms with Gasteiger partial charge < -0.3 is 9.84 Å². The zero-order chi connectivity index (χ0) is 13.0. The quantitative estimate of drug-likeness (QED) is 0.765. The van der Waals surface area contributed by atoms with Crippen LogP contribution in [0.2, 0.25) is 0 Å². The van der Waals surface area contributed by atoms with Gasteiger partial charge in [-0.2, -0.15) is 0 Å². The first kappa shape index (κ1) is 15.4. The Balaban J connectivity index is 4.41. The van der Waals surface area contributed by atoms with E-state index in [1.54, 1.807) is 6.92 Å². The van der Waals surface area contributed by atoms with Gasteiger partial charge in [0.1, 0.15) is 0 Å². The molecule has 0 amide bonds. The zero-order valence-electron chi connectivity index (χ0n) is 10.2. The molecule has 0 aromatic carbocycles. The third-order valence-electron chi connectivity index (χ3n) is 1.98. The Labute approximate surface area is 96.7 Å². The number of hydrogen-bond donors (Lipinski definition) is 1. The van der Waals surface area contributed by atoms with Gasteiger partial charge in [0.15, 0.2) is 15.1 Å². The fourth-order valence-corrected chi connectivity index (χ4v) is 2.60. The Bertz CT molecular complexity index is 326. The van der Waals surface area contributed by atoms with Gasteiger partial charge in [-0.1, -0.05) is 6.92 Å². The van der Waals surface area contributed by atoms with Crippen molar-refractivity contribution in [3.05, 3.63) is 0 Å². The van der Waals surface area contributed by atoms with Gasteiger partial charge in [0.2, 0.25) is 0 Å². The van der Waals surface area contributed by atoms with Crippen molar-refractivity contribution in [2.24, 2.45) is 0 Å². The molecule has 0 bridgehead atoms. The van der Waals surface area contributed by atoms with Crippen LogP contribution in [0.5, 0.6) is 0 Å². The fraction of sp³-hybridized carbons (Fsp3) is 0.900. The van der Waals surface area contributed by atoms with E-state index in [1.807, 2.05) is 20.8 Å². The second-order valence-corrected chi connectivity index (χ2v) is 6.87. The molecule has 0 aromatic rings. The summed E-state index contributed by atoms with van der Waals surface area (Å²) < 4.78 is 28.5. The zero-order valence-corrected chi connectivity index (χ0v) is 11.0. The summed E-state index contributed by atoms with van der Waals surface area (Å²) in [5, 5.41) is 7.43. The van der Waals surface area contributed by atoms with Crippen molar-refractivity contribution >= 4 is 15.8 Å². The Morgan fingerprint density at radius 1 is 1.38 bits per heavy atom. The highest BCUT2D eigenvalue weighted by Gasteiger charge is 2.30. The minimum Gasteiger partial charge on any atom is -0.480 e. The normalized spacial score (nSPS) is 14.8. The third kappa shape index (κ3) is 5.46. The van der Waals surface area contributed by atoms with Crippen molar-refractivity contribution in [1.82, 2.24) is 0 Å². The van der Waals surface area contributed by atoms with Crippen molar-refractivity contribution in [2.45, 2.75) is 45.0 Å². The number of carbonyl (C=O) groups is 1. The van der Waals surface area contributed by atoms with E-state index in [4.69, 9.17) is 9.84 Å². The first-order valence-corrected chi connectivity index (χ1v) is 6.90. The predicted molar refractivity (Wildman–Crippen MR) is 61.2 cm³/mol. The summed E-state index contributed by atoms with van der Waals surface area (Å²) in [6.45, 7) is 7.01. The summed E-state index contributed by atoms with van der Waals surface area (Å²) in [6, 6.07) is 0. The van der Waals surface area contributed by atoms with E-state index in [0.717, 1.165) is 0 Å². The standard InChI is InChI=1S/C10H20O5S/c1-5-8(9(11)12)16(13,14)7-6-15-10(2,3)4/h8H,5-7H2,1-4H3,(H,11,12). The Kier molecular flexibility index (Phi) is 5.41. The molecular formula is C10H20O5S.